The fraction of sp³-hybridized carbons (Fsp3) is 0.364. The zero-order valence-corrected chi connectivity index (χ0v) is 24.6. The molecular formula is C33H37F3N4O3. The number of amides is 3. The quantitative estimate of drug-likeness (QED) is 0.276. The number of rotatable bonds is 9. The van der Waals surface area contributed by atoms with Crippen LogP contribution >= 0.6 is 0 Å². The number of alkyl halides is 3. The molecule has 4 rings (SSSR count). The van der Waals surface area contributed by atoms with Crippen LogP contribution in [0.3, 0.4) is 0 Å². The summed E-state index contributed by atoms with van der Waals surface area (Å²) >= 11 is 0. The van der Waals surface area contributed by atoms with E-state index in [1.807, 2.05) is 44.2 Å². The number of hydrogen-bond acceptors (Lipinski definition) is 4. The molecule has 1 fully saturated rings. The molecular weight excluding hydrogens is 557 g/mol. The van der Waals surface area contributed by atoms with Crippen molar-refractivity contribution in [1.29, 1.82) is 0 Å². The molecule has 1 atom stereocenters. The Morgan fingerprint density at radius 2 is 1.60 bits per heavy atom. The summed E-state index contributed by atoms with van der Waals surface area (Å²) in [7, 11) is 0. The molecule has 228 valence electrons. The largest absolute Gasteiger partial charge is 0.416 e. The summed E-state index contributed by atoms with van der Waals surface area (Å²) in [5.41, 5.74) is 3.13. The first-order chi connectivity index (χ1) is 20.5. The molecule has 1 aliphatic rings. The summed E-state index contributed by atoms with van der Waals surface area (Å²) in [6.45, 7) is 7.42. The molecule has 0 saturated carbocycles. The molecule has 0 spiro atoms. The topological polar surface area (TPSA) is 90.5 Å². The summed E-state index contributed by atoms with van der Waals surface area (Å²) in [5.74, 6) is -0.424. The van der Waals surface area contributed by atoms with Crippen LogP contribution in [0.2, 0.25) is 0 Å². The molecule has 7 nitrogen and oxygen atoms in total. The van der Waals surface area contributed by atoms with E-state index in [4.69, 9.17) is 0 Å². The molecule has 0 aliphatic carbocycles. The van der Waals surface area contributed by atoms with Gasteiger partial charge in [-0.15, -0.1) is 0 Å². The lowest BCUT2D eigenvalue weighted by Gasteiger charge is -2.33. The van der Waals surface area contributed by atoms with Crippen LogP contribution in [0.15, 0.2) is 66.7 Å². The van der Waals surface area contributed by atoms with Crippen molar-refractivity contribution < 1.29 is 27.6 Å². The number of aryl methyl sites for hydroxylation is 1. The van der Waals surface area contributed by atoms with Crippen LogP contribution in [0, 0.1) is 12.8 Å². The summed E-state index contributed by atoms with van der Waals surface area (Å²) in [6, 6.07) is 17.0. The lowest BCUT2D eigenvalue weighted by molar-refractivity contribution is -0.137. The first-order valence-corrected chi connectivity index (χ1v) is 14.5. The molecule has 1 aliphatic heterocycles. The number of anilines is 2. The summed E-state index contributed by atoms with van der Waals surface area (Å²) < 4.78 is 39.1. The van der Waals surface area contributed by atoms with E-state index in [1.165, 1.54) is 12.1 Å². The van der Waals surface area contributed by atoms with Crippen molar-refractivity contribution in [2.24, 2.45) is 5.92 Å². The number of nitrogens with zero attached hydrogens (tertiary/aromatic N) is 1. The molecule has 3 aromatic carbocycles. The van der Waals surface area contributed by atoms with Crippen molar-refractivity contribution in [2.45, 2.75) is 52.3 Å². The van der Waals surface area contributed by atoms with Crippen molar-refractivity contribution in [3.8, 4) is 11.1 Å². The van der Waals surface area contributed by atoms with Gasteiger partial charge in [-0.2, -0.15) is 13.2 Å². The summed E-state index contributed by atoms with van der Waals surface area (Å²) in [6.07, 6.45) is -2.35. The van der Waals surface area contributed by atoms with E-state index < -0.39 is 17.8 Å². The number of nitrogens with one attached hydrogen (secondary N) is 3. The van der Waals surface area contributed by atoms with E-state index in [0.717, 1.165) is 49.3 Å². The number of carbonyl (C=O) groups is 3. The molecule has 10 heteroatoms. The fourth-order valence-corrected chi connectivity index (χ4v) is 5.37. The van der Waals surface area contributed by atoms with Crippen LogP contribution in [-0.2, 0) is 15.8 Å². The smallest absolute Gasteiger partial charge is 0.372 e. The van der Waals surface area contributed by atoms with E-state index in [2.05, 4.69) is 20.9 Å². The highest BCUT2D eigenvalue weighted by atomic mass is 19.4. The predicted molar refractivity (Wildman–Crippen MR) is 162 cm³/mol. The highest BCUT2D eigenvalue weighted by molar-refractivity contribution is 6.09. The lowest BCUT2D eigenvalue weighted by Crippen LogP contribution is -2.45. The second-order valence-corrected chi connectivity index (χ2v) is 10.9. The molecule has 0 bridgehead atoms. The first kappa shape index (κ1) is 31.6. The third-order valence-electron chi connectivity index (χ3n) is 7.72. The van der Waals surface area contributed by atoms with Gasteiger partial charge < -0.3 is 20.9 Å². The number of halogens is 3. The Labute approximate surface area is 249 Å². The highest BCUT2D eigenvalue weighted by Gasteiger charge is 2.30. The molecule has 1 heterocycles. The van der Waals surface area contributed by atoms with Crippen LogP contribution in [0.4, 0.5) is 24.5 Å². The van der Waals surface area contributed by atoms with Gasteiger partial charge in [-0.25, -0.2) is 0 Å². The maximum atomic E-state index is 13.3. The maximum absolute atomic E-state index is 13.3. The minimum absolute atomic E-state index is 0.118. The van der Waals surface area contributed by atoms with Gasteiger partial charge in [-0.1, -0.05) is 24.3 Å². The second kappa shape index (κ2) is 13.8. The van der Waals surface area contributed by atoms with Gasteiger partial charge in [0.25, 0.3) is 5.91 Å². The van der Waals surface area contributed by atoms with Gasteiger partial charge in [0.1, 0.15) is 6.04 Å². The van der Waals surface area contributed by atoms with Crippen LogP contribution < -0.4 is 20.9 Å². The number of piperidine rings is 1. The normalized spacial score (nSPS) is 14.6. The van der Waals surface area contributed by atoms with Crippen molar-refractivity contribution in [2.75, 3.05) is 29.9 Å². The van der Waals surface area contributed by atoms with E-state index in [9.17, 15) is 27.6 Å². The number of likely N-dealkylation sites (N-methyl/N-ethyl adjacent to an activating group) is 1. The third kappa shape index (κ3) is 8.15. The minimum Gasteiger partial charge on any atom is -0.372 e. The minimum atomic E-state index is -4.43. The van der Waals surface area contributed by atoms with Crippen LogP contribution in [-0.4, -0.2) is 43.4 Å². The first-order valence-electron chi connectivity index (χ1n) is 14.5. The molecule has 1 saturated heterocycles. The second-order valence-electron chi connectivity index (χ2n) is 10.9. The average Bonchev–Trinajstić information content (AvgIpc) is 2.97. The summed E-state index contributed by atoms with van der Waals surface area (Å²) in [4.78, 5) is 39.8. The van der Waals surface area contributed by atoms with Crippen LogP contribution in [0.25, 0.3) is 11.1 Å². The van der Waals surface area contributed by atoms with Crippen molar-refractivity contribution in [3.63, 3.8) is 0 Å². The van der Waals surface area contributed by atoms with Gasteiger partial charge in [0.2, 0.25) is 11.8 Å². The Hall–Kier alpha value is -4.34. The summed E-state index contributed by atoms with van der Waals surface area (Å²) in [5, 5.41) is 8.39. The van der Waals surface area contributed by atoms with E-state index in [-0.39, 0.29) is 23.6 Å². The Morgan fingerprint density at radius 1 is 0.953 bits per heavy atom. The number of carbonyl (C=O) groups excluding carboxylic acids is 3. The van der Waals surface area contributed by atoms with Crippen molar-refractivity contribution in [1.82, 2.24) is 10.6 Å². The van der Waals surface area contributed by atoms with E-state index in [1.54, 1.807) is 19.1 Å². The maximum Gasteiger partial charge on any atom is 0.416 e. The van der Waals surface area contributed by atoms with Gasteiger partial charge in [0.05, 0.1) is 5.56 Å². The predicted octanol–water partition coefficient (Wildman–Crippen LogP) is 6.18. The molecule has 0 aromatic heterocycles. The van der Waals surface area contributed by atoms with Gasteiger partial charge in [0.15, 0.2) is 0 Å². The molecule has 0 radical (unpaired) electrons. The zero-order chi connectivity index (χ0) is 31.1. The third-order valence-corrected chi connectivity index (χ3v) is 7.72. The lowest BCUT2D eigenvalue weighted by atomic mass is 9.92. The van der Waals surface area contributed by atoms with E-state index >= 15 is 0 Å². The van der Waals surface area contributed by atoms with Crippen molar-refractivity contribution in [3.05, 3.63) is 83.4 Å². The SMILES string of the molecule is CCNC(=O)[C@H](C)NC(=O)CC1CCN(c2ccc(NC(=O)c3cccc(C)c3-c3ccc(C(F)(F)F)cc3)cc2)CC1. The van der Waals surface area contributed by atoms with Crippen LogP contribution in [0.5, 0.6) is 0 Å². The Kier molecular flexibility index (Phi) is 10.1. The molecule has 3 amide bonds. The Bertz CT molecular complexity index is 1430. The average molecular weight is 595 g/mol. The molecule has 3 aromatic rings. The monoisotopic (exact) mass is 594 g/mol. The van der Waals surface area contributed by atoms with Gasteiger partial charge in [-0.3, -0.25) is 14.4 Å². The van der Waals surface area contributed by atoms with Gasteiger partial charge in [0, 0.05) is 43.0 Å². The van der Waals surface area contributed by atoms with Gasteiger partial charge >= 0.3 is 6.18 Å². The van der Waals surface area contributed by atoms with E-state index in [0.29, 0.717) is 35.3 Å². The number of benzene rings is 3. The van der Waals surface area contributed by atoms with Crippen molar-refractivity contribution >= 4 is 29.1 Å². The van der Waals surface area contributed by atoms with Gasteiger partial charge in [-0.05, 0) is 98.7 Å². The molecule has 0 unspecified atom stereocenters. The Morgan fingerprint density at radius 3 is 2.21 bits per heavy atom. The Balaban J connectivity index is 1.34. The highest BCUT2D eigenvalue weighted by Crippen LogP contribution is 2.33. The zero-order valence-electron chi connectivity index (χ0n) is 24.6. The molecule has 3 N–H and O–H groups in total. The standard InChI is InChI=1S/C33H37F3N4O3/c1-4-37-31(42)22(3)38-29(41)20-23-16-18-40(19-17-23)27-14-12-26(13-15-27)39-32(43)28-7-5-6-21(2)30(28)24-8-10-25(11-9-24)33(34,35)36/h5-15,22-23H,4,16-20H2,1-3H3,(H,37,42)(H,38,41)(H,39,43)/t22-/m0/s1. The van der Waals surface area contributed by atoms with Crippen LogP contribution in [0.1, 0.15) is 54.6 Å². The number of hydrogen-bond donors (Lipinski definition) is 3. The fourth-order valence-electron chi connectivity index (χ4n) is 5.37. The molecule has 43 heavy (non-hydrogen) atoms.